The predicted octanol–water partition coefficient (Wildman–Crippen LogP) is 3.48. The van der Waals surface area contributed by atoms with Crippen molar-refractivity contribution in [3.63, 3.8) is 0 Å². The Morgan fingerprint density at radius 1 is 1.31 bits per heavy atom. The molecular weight excluding hydrogens is 475 g/mol. The van der Waals surface area contributed by atoms with Gasteiger partial charge in [-0.25, -0.2) is 18.8 Å². The van der Waals surface area contributed by atoms with Crippen LogP contribution in [0.4, 0.5) is 24.8 Å². The first-order valence-corrected chi connectivity index (χ1v) is 11.9. The molecule has 36 heavy (non-hydrogen) atoms. The molecule has 1 aliphatic heterocycles. The highest BCUT2D eigenvalue weighted by atomic mass is 19.3. The van der Waals surface area contributed by atoms with Crippen LogP contribution in [-0.4, -0.2) is 58.3 Å². The Hall–Kier alpha value is -3.70. The predicted molar refractivity (Wildman–Crippen MR) is 130 cm³/mol. The van der Waals surface area contributed by atoms with Crippen LogP contribution in [0.15, 0.2) is 28.3 Å². The number of aliphatic imine (C=N–C) groups is 2. The number of alkyl halides is 2. The van der Waals surface area contributed by atoms with Gasteiger partial charge in [0, 0.05) is 37.3 Å². The standard InChI is InChI=1S/C24H28F3N7O2/c1-2-17(32-14-9-19(35)29-10-14)20-16(11-30-23(20)31-12-28)21(36)15-3-4-18(34-22(15)25)33-13-5-7-24(26,27)8-6-13/h3-4,11-14,30H,2,5-10H2,1H3,(H2,28,31)(H,29,35)(H,33,34). The van der Waals surface area contributed by atoms with Crippen molar-refractivity contribution >= 4 is 35.4 Å². The molecule has 3 heterocycles. The summed E-state index contributed by atoms with van der Waals surface area (Å²) in [5.74, 6) is -3.92. The van der Waals surface area contributed by atoms with Crippen molar-refractivity contribution in [3.8, 4) is 0 Å². The van der Waals surface area contributed by atoms with Gasteiger partial charge in [-0.3, -0.25) is 14.6 Å². The fourth-order valence-electron chi connectivity index (χ4n) is 4.52. The minimum Gasteiger partial charge on any atom is -0.390 e. The minimum absolute atomic E-state index is 0.103. The number of aromatic nitrogens is 2. The monoisotopic (exact) mass is 503 g/mol. The van der Waals surface area contributed by atoms with Crippen LogP contribution in [0.2, 0.25) is 0 Å². The van der Waals surface area contributed by atoms with Crippen LogP contribution in [0.25, 0.3) is 0 Å². The Morgan fingerprint density at radius 2 is 2.06 bits per heavy atom. The molecule has 4 rings (SSSR count). The molecule has 2 aromatic heterocycles. The number of H-pyrrole nitrogens is 1. The zero-order valence-corrected chi connectivity index (χ0v) is 19.8. The molecule has 1 atom stereocenters. The van der Waals surface area contributed by atoms with Crippen molar-refractivity contribution in [1.82, 2.24) is 15.3 Å². The Bertz CT molecular complexity index is 1200. The number of pyridine rings is 1. The van der Waals surface area contributed by atoms with E-state index in [-0.39, 0.29) is 67.0 Å². The van der Waals surface area contributed by atoms with Crippen molar-refractivity contribution in [1.29, 1.82) is 0 Å². The Labute approximate surface area is 205 Å². The van der Waals surface area contributed by atoms with E-state index in [0.29, 0.717) is 30.1 Å². The van der Waals surface area contributed by atoms with E-state index < -0.39 is 17.7 Å². The third kappa shape index (κ3) is 5.58. The zero-order chi connectivity index (χ0) is 25.9. The van der Waals surface area contributed by atoms with Gasteiger partial charge in [0.05, 0.1) is 35.5 Å². The highest BCUT2D eigenvalue weighted by Gasteiger charge is 2.35. The molecule has 9 nitrogen and oxygen atoms in total. The topological polar surface area (TPSA) is 138 Å². The van der Waals surface area contributed by atoms with Crippen molar-refractivity contribution in [2.45, 2.75) is 63.5 Å². The molecule has 1 amide bonds. The summed E-state index contributed by atoms with van der Waals surface area (Å²) in [6.07, 6.45) is 3.17. The number of nitrogens with zero attached hydrogens (tertiary/aromatic N) is 3. The number of carbonyl (C=O) groups is 2. The van der Waals surface area contributed by atoms with E-state index in [1.807, 2.05) is 6.92 Å². The van der Waals surface area contributed by atoms with E-state index >= 15 is 0 Å². The maximum atomic E-state index is 15.0. The molecule has 1 saturated carbocycles. The minimum atomic E-state index is -2.67. The molecule has 1 saturated heterocycles. The van der Waals surface area contributed by atoms with Crippen LogP contribution in [0.3, 0.4) is 0 Å². The van der Waals surface area contributed by atoms with Crippen LogP contribution in [0, 0.1) is 5.95 Å². The van der Waals surface area contributed by atoms with Crippen molar-refractivity contribution in [3.05, 3.63) is 41.0 Å². The normalized spacial score (nSPS) is 20.6. The van der Waals surface area contributed by atoms with Gasteiger partial charge < -0.3 is 21.4 Å². The van der Waals surface area contributed by atoms with Gasteiger partial charge in [0.1, 0.15) is 11.6 Å². The molecular formula is C24H28F3N7O2. The third-order valence-electron chi connectivity index (χ3n) is 6.39. The lowest BCUT2D eigenvalue weighted by molar-refractivity contribution is -0.119. The number of nitrogens with two attached hydrogens (primary N) is 1. The Kier molecular flexibility index (Phi) is 7.41. The molecule has 1 aliphatic carbocycles. The van der Waals surface area contributed by atoms with E-state index in [9.17, 15) is 22.8 Å². The van der Waals surface area contributed by atoms with Crippen molar-refractivity contribution in [2.24, 2.45) is 15.7 Å². The summed E-state index contributed by atoms with van der Waals surface area (Å²) in [5.41, 5.74) is 6.27. The molecule has 1 unspecified atom stereocenters. The molecule has 192 valence electrons. The quantitative estimate of drug-likeness (QED) is 0.189. The first-order valence-electron chi connectivity index (χ1n) is 11.9. The average Bonchev–Trinajstić information content (AvgIpc) is 3.44. The summed E-state index contributed by atoms with van der Waals surface area (Å²) in [4.78, 5) is 40.4. The van der Waals surface area contributed by atoms with E-state index in [0.717, 1.165) is 6.34 Å². The third-order valence-corrected chi connectivity index (χ3v) is 6.39. The van der Waals surface area contributed by atoms with Gasteiger partial charge in [0.25, 0.3) is 0 Å². The lowest BCUT2D eigenvalue weighted by Gasteiger charge is -2.29. The number of hydrogen-bond donors (Lipinski definition) is 4. The lowest BCUT2D eigenvalue weighted by atomic mass is 9.92. The second-order valence-electron chi connectivity index (χ2n) is 8.93. The number of nitrogens with one attached hydrogen (secondary N) is 3. The van der Waals surface area contributed by atoms with Crippen LogP contribution < -0.4 is 16.4 Å². The molecule has 0 bridgehead atoms. The summed E-state index contributed by atoms with van der Waals surface area (Å²) in [7, 11) is 0. The van der Waals surface area contributed by atoms with E-state index in [4.69, 9.17) is 5.73 Å². The van der Waals surface area contributed by atoms with Gasteiger partial charge in [-0.05, 0) is 31.4 Å². The maximum absolute atomic E-state index is 15.0. The second-order valence-corrected chi connectivity index (χ2v) is 8.93. The smallest absolute Gasteiger partial charge is 0.248 e. The molecule has 2 aliphatic rings. The molecule has 0 spiro atoms. The number of hydrogen-bond acceptors (Lipinski definition) is 6. The molecule has 0 aromatic carbocycles. The number of anilines is 1. The Morgan fingerprint density at radius 3 is 2.67 bits per heavy atom. The van der Waals surface area contributed by atoms with Crippen molar-refractivity contribution in [2.75, 3.05) is 11.9 Å². The Balaban J connectivity index is 1.60. The van der Waals surface area contributed by atoms with Gasteiger partial charge in [-0.2, -0.15) is 4.39 Å². The first kappa shape index (κ1) is 25.4. The second kappa shape index (κ2) is 10.5. The van der Waals surface area contributed by atoms with Crippen LogP contribution >= 0.6 is 0 Å². The molecule has 2 fully saturated rings. The van der Waals surface area contributed by atoms with Crippen LogP contribution in [0.1, 0.15) is 66.9 Å². The van der Waals surface area contributed by atoms with Crippen LogP contribution in [-0.2, 0) is 4.79 Å². The number of ketones is 1. The fourth-order valence-corrected chi connectivity index (χ4v) is 4.52. The number of amides is 1. The summed E-state index contributed by atoms with van der Waals surface area (Å²) >= 11 is 0. The lowest BCUT2D eigenvalue weighted by Crippen LogP contribution is -2.32. The summed E-state index contributed by atoms with van der Waals surface area (Å²) < 4.78 is 41.8. The van der Waals surface area contributed by atoms with Gasteiger partial charge in [-0.1, -0.05) is 6.92 Å². The fraction of sp³-hybridized carbons (Fsp3) is 0.458. The van der Waals surface area contributed by atoms with Gasteiger partial charge in [-0.15, -0.1) is 0 Å². The number of halogens is 3. The first-order chi connectivity index (χ1) is 17.2. The van der Waals surface area contributed by atoms with Gasteiger partial charge in [0.15, 0.2) is 5.78 Å². The number of carbonyl (C=O) groups excluding carboxylic acids is 2. The van der Waals surface area contributed by atoms with Gasteiger partial charge in [0.2, 0.25) is 17.8 Å². The van der Waals surface area contributed by atoms with E-state index in [1.54, 1.807) is 0 Å². The summed E-state index contributed by atoms with van der Waals surface area (Å²) in [5, 5.41) is 5.70. The van der Waals surface area contributed by atoms with Crippen LogP contribution in [0.5, 0.6) is 0 Å². The molecule has 5 N–H and O–H groups in total. The van der Waals surface area contributed by atoms with E-state index in [2.05, 4.69) is 30.6 Å². The largest absolute Gasteiger partial charge is 0.390 e. The van der Waals surface area contributed by atoms with E-state index in [1.165, 1.54) is 18.3 Å². The average molecular weight is 504 g/mol. The zero-order valence-electron chi connectivity index (χ0n) is 19.8. The SMILES string of the molecule is CCC(=NC1CNC(=O)C1)c1c(C(=O)c2ccc(NC3CCC(F)(F)CC3)nc2F)c[nH]c1N=CN. The van der Waals surface area contributed by atoms with Gasteiger partial charge >= 0.3 is 0 Å². The highest BCUT2D eigenvalue weighted by molar-refractivity contribution is 6.19. The number of rotatable bonds is 8. The number of aromatic amines is 1. The summed E-state index contributed by atoms with van der Waals surface area (Å²) in [6.45, 7) is 2.24. The molecule has 0 radical (unpaired) electrons. The highest BCUT2D eigenvalue weighted by Crippen LogP contribution is 2.34. The molecule has 12 heteroatoms. The maximum Gasteiger partial charge on any atom is 0.248 e. The van der Waals surface area contributed by atoms with Crippen molar-refractivity contribution < 1.29 is 22.8 Å². The summed E-state index contributed by atoms with van der Waals surface area (Å²) in [6, 6.07) is 2.24. The molecule has 2 aromatic rings.